The van der Waals surface area contributed by atoms with E-state index in [1.165, 1.54) is 5.56 Å². The maximum absolute atomic E-state index is 4.37. The standard InChI is InChI=1S/C9H11N3S/c1-7-3-10-12(4-7)5-9-6-13-8(2)11-9/h3-4,6H,5H2,1-2H3. The van der Waals surface area contributed by atoms with Crippen LogP contribution in [-0.4, -0.2) is 14.8 Å². The van der Waals surface area contributed by atoms with E-state index in [-0.39, 0.29) is 0 Å². The Bertz CT molecular complexity index is 364. The lowest BCUT2D eigenvalue weighted by atomic mass is 10.4. The second-order valence-electron chi connectivity index (χ2n) is 3.07. The maximum atomic E-state index is 4.37. The summed E-state index contributed by atoms with van der Waals surface area (Å²) >= 11 is 1.68. The molecule has 0 spiro atoms. The van der Waals surface area contributed by atoms with Crippen molar-refractivity contribution < 1.29 is 0 Å². The third-order valence-corrected chi connectivity index (χ3v) is 2.58. The van der Waals surface area contributed by atoms with E-state index < -0.39 is 0 Å². The lowest BCUT2D eigenvalue weighted by Gasteiger charge is -1.95. The molecule has 0 aliphatic heterocycles. The van der Waals surface area contributed by atoms with Crippen LogP contribution in [-0.2, 0) is 6.54 Å². The number of rotatable bonds is 2. The van der Waals surface area contributed by atoms with Gasteiger partial charge in [-0.2, -0.15) is 5.10 Å². The van der Waals surface area contributed by atoms with Crippen LogP contribution in [0.25, 0.3) is 0 Å². The van der Waals surface area contributed by atoms with Crippen molar-refractivity contribution in [1.82, 2.24) is 14.8 Å². The van der Waals surface area contributed by atoms with Gasteiger partial charge in [0.05, 0.1) is 23.4 Å². The van der Waals surface area contributed by atoms with Crippen LogP contribution in [0, 0.1) is 13.8 Å². The highest BCUT2D eigenvalue weighted by Crippen LogP contribution is 2.09. The number of aryl methyl sites for hydroxylation is 2. The second-order valence-corrected chi connectivity index (χ2v) is 4.14. The molecule has 68 valence electrons. The molecule has 0 aromatic carbocycles. The van der Waals surface area contributed by atoms with Gasteiger partial charge in [-0.15, -0.1) is 11.3 Å². The first-order chi connectivity index (χ1) is 6.24. The van der Waals surface area contributed by atoms with Crippen molar-refractivity contribution in [3.8, 4) is 0 Å². The monoisotopic (exact) mass is 193 g/mol. The number of hydrogen-bond acceptors (Lipinski definition) is 3. The molecule has 0 bridgehead atoms. The Kier molecular flexibility index (Phi) is 2.14. The fourth-order valence-electron chi connectivity index (χ4n) is 1.20. The molecule has 2 aromatic rings. The molecule has 0 fully saturated rings. The molecular weight excluding hydrogens is 182 g/mol. The van der Waals surface area contributed by atoms with E-state index in [4.69, 9.17) is 0 Å². The van der Waals surface area contributed by atoms with Gasteiger partial charge in [-0.3, -0.25) is 4.68 Å². The second kappa shape index (κ2) is 3.30. The highest BCUT2D eigenvalue weighted by atomic mass is 32.1. The molecule has 2 aromatic heterocycles. The van der Waals surface area contributed by atoms with Gasteiger partial charge in [0.25, 0.3) is 0 Å². The predicted octanol–water partition coefficient (Wildman–Crippen LogP) is 2.00. The van der Waals surface area contributed by atoms with Crippen molar-refractivity contribution in [3.05, 3.63) is 34.0 Å². The van der Waals surface area contributed by atoms with Crippen molar-refractivity contribution >= 4 is 11.3 Å². The van der Waals surface area contributed by atoms with Gasteiger partial charge < -0.3 is 0 Å². The summed E-state index contributed by atoms with van der Waals surface area (Å²) in [6, 6.07) is 0. The lowest BCUT2D eigenvalue weighted by molar-refractivity contribution is 0.674. The first-order valence-electron chi connectivity index (χ1n) is 4.14. The lowest BCUT2D eigenvalue weighted by Crippen LogP contribution is -1.99. The molecule has 2 rings (SSSR count). The average Bonchev–Trinajstić information content (AvgIpc) is 2.62. The topological polar surface area (TPSA) is 30.7 Å². The normalized spacial score (nSPS) is 10.6. The Labute approximate surface area is 81.1 Å². The molecule has 0 aliphatic carbocycles. The average molecular weight is 193 g/mol. The highest BCUT2D eigenvalue weighted by Gasteiger charge is 1.99. The minimum absolute atomic E-state index is 0.776. The van der Waals surface area contributed by atoms with E-state index in [0.29, 0.717) is 0 Å². The first kappa shape index (κ1) is 8.44. The van der Waals surface area contributed by atoms with Gasteiger partial charge in [-0.05, 0) is 19.4 Å². The van der Waals surface area contributed by atoms with Crippen LogP contribution in [0.5, 0.6) is 0 Å². The summed E-state index contributed by atoms with van der Waals surface area (Å²) in [6.07, 6.45) is 3.88. The van der Waals surface area contributed by atoms with Crippen molar-refractivity contribution in [1.29, 1.82) is 0 Å². The van der Waals surface area contributed by atoms with Crippen LogP contribution in [0.2, 0.25) is 0 Å². The zero-order valence-corrected chi connectivity index (χ0v) is 8.51. The highest BCUT2D eigenvalue weighted by molar-refractivity contribution is 7.09. The maximum Gasteiger partial charge on any atom is 0.0898 e. The molecule has 0 saturated heterocycles. The van der Waals surface area contributed by atoms with Gasteiger partial charge in [-0.25, -0.2) is 4.98 Å². The van der Waals surface area contributed by atoms with Crippen LogP contribution >= 0.6 is 11.3 Å². The van der Waals surface area contributed by atoms with E-state index in [1.807, 2.05) is 30.9 Å². The summed E-state index contributed by atoms with van der Waals surface area (Å²) in [5.74, 6) is 0. The quantitative estimate of drug-likeness (QED) is 0.730. The molecule has 4 heteroatoms. The van der Waals surface area contributed by atoms with Gasteiger partial charge >= 0.3 is 0 Å². The van der Waals surface area contributed by atoms with Crippen LogP contribution in [0.3, 0.4) is 0 Å². The number of thiazole rings is 1. The summed E-state index contributed by atoms with van der Waals surface area (Å²) in [7, 11) is 0. The largest absolute Gasteiger partial charge is 0.266 e. The van der Waals surface area contributed by atoms with E-state index >= 15 is 0 Å². The van der Waals surface area contributed by atoms with Gasteiger partial charge in [0.1, 0.15) is 0 Å². The van der Waals surface area contributed by atoms with Gasteiger partial charge in [-0.1, -0.05) is 0 Å². The minimum atomic E-state index is 0.776. The van der Waals surface area contributed by atoms with E-state index in [1.54, 1.807) is 11.3 Å². The zero-order valence-electron chi connectivity index (χ0n) is 7.69. The molecule has 0 amide bonds. The SMILES string of the molecule is Cc1cnn(Cc2csc(C)n2)c1. The molecule has 0 aliphatic rings. The number of aromatic nitrogens is 3. The molecule has 0 radical (unpaired) electrons. The summed E-state index contributed by atoms with van der Waals surface area (Å²) in [5, 5.41) is 7.39. The minimum Gasteiger partial charge on any atom is -0.266 e. The molecule has 3 nitrogen and oxygen atoms in total. The molecule has 0 unspecified atom stereocenters. The van der Waals surface area contributed by atoms with Crippen LogP contribution < -0.4 is 0 Å². The summed E-state index contributed by atoms with van der Waals surface area (Å²) < 4.78 is 1.91. The number of nitrogens with zero attached hydrogens (tertiary/aromatic N) is 3. The summed E-state index contributed by atoms with van der Waals surface area (Å²) in [4.78, 5) is 4.37. The Morgan fingerprint density at radius 3 is 2.85 bits per heavy atom. The fraction of sp³-hybridized carbons (Fsp3) is 0.333. The Hall–Kier alpha value is -1.16. The summed E-state index contributed by atoms with van der Waals surface area (Å²) in [5.41, 5.74) is 2.28. The van der Waals surface area contributed by atoms with E-state index in [0.717, 1.165) is 17.2 Å². The molecule has 0 saturated carbocycles. The summed E-state index contributed by atoms with van der Waals surface area (Å²) in [6.45, 7) is 4.83. The van der Waals surface area contributed by atoms with Crippen molar-refractivity contribution in [2.45, 2.75) is 20.4 Å². The fourth-order valence-corrected chi connectivity index (χ4v) is 1.80. The van der Waals surface area contributed by atoms with E-state index in [2.05, 4.69) is 15.5 Å². The zero-order chi connectivity index (χ0) is 9.26. The third kappa shape index (κ3) is 1.95. The van der Waals surface area contributed by atoms with Crippen LogP contribution in [0.15, 0.2) is 17.8 Å². The first-order valence-corrected chi connectivity index (χ1v) is 5.02. The van der Waals surface area contributed by atoms with Crippen molar-refractivity contribution in [2.75, 3.05) is 0 Å². The Morgan fingerprint density at radius 1 is 1.46 bits per heavy atom. The predicted molar refractivity (Wildman–Crippen MR) is 52.9 cm³/mol. The Balaban J connectivity index is 2.14. The third-order valence-electron chi connectivity index (χ3n) is 1.75. The number of hydrogen-bond donors (Lipinski definition) is 0. The van der Waals surface area contributed by atoms with Crippen molar-refractivity contribution in [2.24, 2.45) is 0 Å². The van der Waals surface area contributed by atoms with Gasteiger partial charge in [0, 0.05) is 11.6 Å². The van der Waals surface area contributed by atoms with Gasteiger partial charge in [0.2, 0.25) is 0 Å². The molecule has 2 heterocycles. The van der Waals surface area contributed by atoms with E-state index in [9.17, 15) is 0 Å². The molecule has 0 N–H and O–H groups in total. The van der Waals surface area contributed by atoms with Crippen LogP contribution in [0.1, 0.15) is 16.3 Å². The van der Waals surface area contributed by atoms with Gasteiger partial charge in [0.15, 0.2) is 0 Å². The Morgan fingerprint density at radius 2 is 2.31 bits per heavy atom. The van der Waals surface area contributed by atoms with Crippen LogP contribution in [0.4, 0.5) is 0 Å². The smallest absolute Gasteiger partial charge is 0.0898 e. The molecular formula is C9H11N3S. The molecule has 13 heavy (non-hydrogen) atoms. The molecule has 0 atom stereocenters. The van der Waals surface area contributed by atoms with Crippen molar-refractivity contribution in [3.63, 3.8) is 0 Å².